The van der Waals surface area contributed by atoms with Gasteiger partial charge in [0.2, 0.25) is 0 Å². The molecule has 24 heavy (non-hydrogen) atoms. The van der Waals surface area contributed by atoms with Crippen LogP contribution in [-0.2, 0) is 9.59 Å². The Hall–Kier alpha value is -3.35. The third-order valence-electron chi connectivity index (χ3n) is 3.18. The summed E-state index contributed by atoms with van der Waals surface area (Å²) in [6, 6.07) is 11.7. The second kappa shape index (κ2) is 7.77. The van der Waals surface area contributed by atoms with Gasteiger partial charge in [0.25, 0.3) is 0 Å². The fourth-order valence-electron chi connectivity index (χ4n) is 1.88. The van der Waals surface area contributed by atoms with Crippen LogP contribution in [0.25, 0.3) is 0 Å². The summed E-state index contributed by atoms with van der Waals surface area (Å²) in [5.41, 5.74) is 4.13. The number of amides is 2. The quantitative estimate of drug-likeness (QED) is 0.453. The van der Waals surface area contributed by atoms with Crippen LogP contribution in [0.3, 0.4) is 0 Å². The van der Waals surface area contributed by atoms with E-state index in [-0.39, 0.29) is 11.5 Å². The smallest absolute Gasteiger partial charge is 0.329 e. The molecule has 0 radical (unpaired) electrons. The van der Waals surface area contributed by atoms with E-state index in [1.54, 1.807) is 24.3 Å². The SMILES string of the molecule is COc1cc(/C=N/NC(=O)C(=O)Nc2ccccc2C)ccc1O. The number of aromatic hydroxyl groups is 1. The fourth-order valence-corrected chi connectivity index (χ4v) is 1.88. The number of carbonyl (C=O) groups excluding carboxylic acids is 2. The topological polar surface area (TPSA) is 100 Å². The van der Waals surface area contributed by atoms with Crippen LogP contribution in [0.1, 0.15) is 11.1 Å². The van der Waals surface area contributed by atoms with E-state index in [1.165, 1.54) is 19.4 Å². The first-order chi connectivity index (χ1) is 11.5. The van der Waals surface area contributed by atoms with Gasteiger partial charge in [0.1, 0.15) is 0 Å². The Morgan fingerprint density at radius 1 is 1.17 bits per heavy atom. The number of hydrogen-bond donors (Lipinski definition) is 3. The van der Waals surface area contributed by atoms with E-state index in [2.05, 4.69) is 15.8 Å². The van der Waals surface area contributed by atoms with Crippen molar-refractivity contribution in [3.8, 4) is 11.5 Å². The lowest BCUT2D eigenvalue weighted by molar-refractivity contribution is -0.136. The van der Waals surface area contributed by atoms with Crippen LogP contribution in [0, 0.1) is 6.92 Å². The van der Waals surface area contributed by atoms with Crippen molar-refractivity contribution in [1.29, 1.82) is 0 Å². The third kappa shape index (κ3) is 4.33. The molecule has 0 fully saturated rings. The molecule has 0 aliphatic rings. The zero-order valence-electron chi connectivity index (χ0n) is 13.2. The monoisotopic (exact) mass is 327 g/mol. The van der Waals surface area contributed by atoms with Crippen LogP contribution in [0.4, 0.5) is 5.69 Å². The molecular formula is C17H17N3O4. The molecule has 0 bridgehead atoms. The second-order valence-electron chi connectivity index (χ2n) is 4.90. The second-order valence-corrected chi connectivity index (χ2v) is 4.90. The third-order valence-corrected chi connectivity index (χ3v) is 3.18. The molecule has 7 nitrogen and oxygen atoms in total. The minimum absolute atomic E-state index is 0.00343. The molecule has 124 valence electrons. The summed E-state index contributed by atoms with van der Waals surface area (Å²) in [6.45, 7) is 1.82. The molecule has 0 saturated heterocycles. The molecule has 0 aromatic heterocycles. The van der Waals surface area contributed by atoms with Crippen LogP contribution in [-0.4, -0.2) is 30.2 Å². The maximum Gasteiger partial charge on any atom is 0.329 e. The Labute approximate surface area is 139 Å². The van der Waals surface area contributed by atoms with E-state index in [0.717, 1.165) is 5.56 Å². The van der Waals surface area contributed by atoms with Crippen LogP contribution in [0.5, 0.6) is 11.5 Å². The summed E-state index contributed by atoms with van der Waals surface area (Å²) in [6.07, 6.45) is 1.33. The van der Waals surface area contributed by atoms with E-state index >= 15 is 0 Å². The van der Waals surface area contributed by atoms with Gasteiger partial charge in [0.15, 0.2) is 11.5 Å². The fraction of sp³-hybridized carbons (Fsp3) is 0.118. The van der Waals surface area contributed by atoms with Gasteiger partial charge in [-0.2, -0.15) is 5.10 Å². The van der Waals surface area contributed by atoms with Crippen molar-refractivity contribution >= 4 is 23.7 Å². The van der Waals surface area contributed by atoms with Gasteiger partial charge in [0, 0.05) is 5.69 Å². The summed E-state index contributed by atoms with van der Waals surface area (Å²) in [7, 11) is 1.42. The van der Waals surface area contributed by atoms with Crippen molar-refractivity contribution in [2.24, 2.45) is 5.10 Å². The number of phenolic OH excluding ortho intramolecular Hbond substituents is 1. The maximum absolute atomic E-state index is 11.8. The number of hydrazone groups is 1. The molecule has 0 heterocycles. The molecule has 2 rings (SSSR count). The predicted octanol–water partition coefficient (Wildman–Crippen LogP) is 1.80. The minimum atomic E-state index is -0.889. The molecule has 2 amide bonds. The van der Waals surface area contributed by atoms with Gasteiger partial charge in [-0.3, -0.25) is 9.59 Å². The number of rotatable bonds is 4. The van der Waals surface area contributed by atoms with Gasteiger partial charge in [-0.05, 0) is 42.3 Å². The number of benzene rings is 2. The standard InChI is InChI=1S/C17H17N3O4/c1-11-5-3-4-6-13(11)19-16(22)17(23)20-18-10-12-7-8-14(21)15(9-12)24-2/h3-10,21H,1-2H3,(H,19,22)(H,20,23)/b18-10+. The highest BCUT2D eigenvalue weighted by Gasteiger charge is 2.13. The van der Waals surface area contributed by atoms with E-state index < -0.39 is 11.8 Å². The number of nitrogens with one attached hydrogen (secondary N) is 2. The summed E-state index contributed by atoms with van der Waals surface area (Å²) in [4.78, 5) is 23.5. The Morgan fingerprint density at radius 2 is 1.92 bits per heavy atom. The molecule has 0 aliphatic heterocycles. The molecule has 0 aliphatic carbocycles. The van der Waals surface area contributed by atoms with Crippen molar-refractivity contribution in [2.45, 2.75) is 6.92 Å². The molecule has 7 heteroatoms. The summed E-state index contributed by atoms with van der Waals surface area (Å²) in [5.74, 6) is -1.43. The minimum Gasteiger partial charge on any atom is -0.504 e. The molecule has 0 saturated carbocycles. The van der Waals surface area contributed by atoms with E-state index in [1.807, 2.05) is 19.1 Å². The normalized spacial score (nSPS) is 10.4. The first-order valence-electron chi connectivity index (χ1n) is 7.08. The molecule has 2 aromatic carbocycles. The zero-order valence-corrected chi connectivity index (χ0v) is 13.2. The largest absolute Gasteiger partial charge is 0.504 e. The van der Waals surface area contributed by atoms with Gasteiger partial charge in [-0.1, -0.05) is 18.2 Å². The average Bonchev–Trinajstić information content (AvgIpc) is 2.58. The van der Waals surface area contributed by atoms with E-state index in [0.29, 0.717) is 11.3 Å². The Morgan fingerprint density at radius 3 is 2.62 bits per heavy atom. The van der Waals surface area contributed by atoms with Crippen LogP contribution >= 0.6 is 0 Å². The van der Waals surface area contributed by atoms with Crippen LogP contribution in [0.2, 0.25) is 0 Å². The lowest BCUT2D eigenvalue weighted by Gasteiger charge is -2.06. The van der Waals surface area contributed by atoms with Crippen molar-refractivity contribution in [3.05, 3.63) is 53.6 Å². The summed E-state index contributed by atoms with van der Waals surface area (Å²) >= 11 is 0. The van der Waals surface area contributed by atoms with Gasteiger partial charge >= 0.3 is 11.8 Å². The molecule has 0 unspecified atom stereocenters. The summed E-state index contributed by atoms with van der Waals surface area (Å²) in [5, 5.41) is 15.7. The average molecular weight is 327 g/mol. The van der Waals surface area contributed by atoms with Crippen molar-refractivity contribution in [1.82, 2.24) is 5.43 Å². The van der Waals surface area contributed by atoms with Crippen LogP contribution in [0.15, 0.2) is 47.6 Å². The first kappa shape index (κ1) is 17.0. The van der Waals surface area contributed by atoms with E-state index in [4.69, 9.17) is 4.74 Å². The number of methoxy groups -OCH3 is 1. The lowest BCUT2D eigenvalue weighted by Crippen LogP contribution is -2.32. The number of para-hydroxylation sites is 1. The number of carbonyl (C=O) groups is 2. The highest BCUT2D eigenvalue weighted by atomic mass is 16.5. The number of aryl methyl sites for hydroxylation is 1. The number of phenols is 1. The van der Waals surface area contributed by atoms with Crippen molar-refractivity contribution in [3.63, 3.8) is 0 Å². The van der Waals surface area contributed by atoms with Crippen molar-refractivity contribution in [2.75, 3.05) is 12.4 Å². The van der Waals surface area contributed by atoms with E-state index in [9.17, 15) is 14.7 Å². The first-order valence-corrected chi connectivity index (χ1v) is 7.08. The van der Waals surface area contributed by atoms with Crippen molar-refractivity contribution < 1.29 is 19.4 Å². The Balaban J connectivity index is 1.95. The summed E-state index contributed by atoms with van der Waals surface area (Å²) < 4.78 is 4.97. The van der Waals surface area contributed by atoms with Gasteiger partial charge in [0.05, 0.1) is 13.3 Å². The number of nitrogens with zero attached hydrogens (tertiary/aromatic N) is 1. The predicted molar refractivity (Wildman–Crippen MR) is 90.2 cm³/mol. The van der Waals surface area contributed by atoms with Gasteiger partial charge < -0.3 is 15.2 Å². The number of anilines is 1. The Kier molecular flexibility index (Phi) is 5.51. The van der Waals surface area contributed by atoms with Crippen LogP contribution < -0.4 is 15.5 Å². The molecule has 3 N–H and O–H groups in total. The Bertz CT molecular complexity index is 787. The number of hydrogen-bond acceptors (Lipinski definition) is 5. The van der Waals surface area contributed by atoms with Gasteiger partial charge in [-0.15, -0.1) is 0 Å². The highest BCUT2D eigenvalue weighted by Crippen LogP contribution is 2.25. The maximum atomic E-state index is 11.8. The molecule has 2 aromatic rings. The molecule has 0 spiro atoms. The molecule has 0 atom stereocenters. The molecular weight excluding hydrogens is 310 g/mol. The highest BCUT2D eigenvalue weighted by molar-refractivity contribution is 6.39. The number of ether oxygens (including phenoxy) is 1. The van der Waals surface area contributed by atoms with Gasteiger partial charge in [-0.25, -0.2) is 5.43 Å². The lowest BCUT2D eigenvalue weighted by atomic mass is 10.2. The zero-order chi connectivity index (χ0) is 17.5.